The van der Waals surface area contributed by atoms with Gasteiger partial charge in [0, 0.05) is 11.1 Å². The number of rotatable bonds is 11. The van der Waals surface area contributed by atoms with Crippen molar-refractivity contribution < 1.29 is 28.5 Å². The lowest BCUT2D eigenvalue weighted by Crippen LogP contribution is -2.21. The Hall–Kier alpha value is -4.58. The minimum Gasteiger partial charge on any atom is -0.474 e. The second-order valence-electron chi connectivity index (χ2n) is 8.37. The molecule has 38 heavy (non-hydrogen) atoms. The first-order valence-electron chi connectivity index (χ1n) is 12.6. The molecule has 4 aromatic rings. The lowest BCUT2D eigenvalue weighted by Gasteiger charge is -2.19. The summed E-state index contributed by atoms with van der Waals surface area (Å²) < 4.78 is 22.5. The van der Waals surface area contributed by atoms with Gasteiger partial charge in [0.1, 0.15) is 11.5 Å². The van der Waals surface area contributed by atoms with E-state index in [-0.39, 0.29) is 13.2 Å². The van der Waals surface area contributed by atoms with E-state index in [2.05, 4.69) is 0 Å². The van der Waals surface area contributed by atoms with E-state index in [0.29, 0.717) is 11.5 Å². The second-order valence-corrected chi connectivity index (χ2v) is 8.37. The van der Waals surface area contributed by atoms with Crippen LogP contribution in [0.5, 0.6) is 11.5 Å². The van der Waals surface area contributed by atoms with Crippen LogP contribution >= 0.6 is 0 Å². The summed E-state index contributed by atoms with van der Waals surface area (Å²) in [5.74, 6) is 0.233. The van der Waals surface area contributed by atoms with Crippen molar-refractivity contribution in [2.24, 2.45) is 0 Å². The highest BCUT2D eigenvalue weighted by Crippen LogP contribution is 2.29. The van der Waals surface area contributed by atoms with Gasteiger partial charge in [0.25, 0.3) is 0 Å². The van der Waals surface area contributed by atoms with Gasteiger partial charge in [-0.3, -0.25) is 0 Å². The molecule has 6 nitrogen and oxygen atoms in total. The Labute approximate surface area is 222 Å². The maximum Gasteiger partial charge on any atom is 0.352 e. The van der Waals surface area contributed by atoms with Gasteiger partial charge in [0.15, 0.2) is 0 Å². The van der Waals surface area contributed by atoms with Crippen molar-refractivity contribution in [2.45, 2.75) is 26.1 Å². The fourth-order valence-electron chi connectivity index (χ4n) is 3.92. The molecule has 0 saturated carbocycles. The number of esters is 2. The van der Waals surface area contributed by atoms with Crippen LogP contribution in [0.1, 0.15) is 37.2 Å². The average molecular weight is 511 g/mol. The Kier molecular flexibility index (Phi) is 9.13. The van der Waals surface area contributed by atoms with E-state index in [9.17, 15) is 9.59 Å². The van der Waals surface area contributed by atoms with Gasteiger partial charge in [-0.05, 0) is 49.2 Å². The van der Waals surface area contributed by atoms with Crippen molar-refractivity contribution in [3.63, 3.8) is 0 Å². The molecule has 4 rings (SSSR count). The molecule has 2 unspecified atom stereocenters. The molecular weight excluding hydrogens is 480 g/mol. The Bertz CT molecular complexity index is 1200. The normalized spacial score (nSPS) is 12.2. The van der Waals surface area contributed by atoms with Gasteiger partial charge in [0.05, 0.1) is 13.2 Å². The number of ether oxygens (including phenoxy) is 4. The van der Waals surface area contributed by atoms with Crippen LogP contribution in [0.25, 0.3) is 11.1 Å². The van der Waals surface area contributed by atoms with E-state index in [1.807, 2.05) is 109 Å². The van der Waals surface area contributed by atoms with Crippen LogP contribution in [0, 0.1) is 0 Å². The lowest BCUT2D eigenvalue weighted by atomic mass is 10.1. The summed E-state index contributed by atoms with van der Waals surface area (Å²) in [7, 11) is 0. The minimum absolute atomic E-state index is 0.274. The highest BCUT2D eigenvalue weighted by Gasteiger charge is 2.25. The molecule has 6 heteroatoms. The highest BCUT2D eigenvalue weighted by atomic mass is 16.6. The third-order valence-electron chi connectivity index (χ3n) is 5.76. The number of hydrogen-bond acceptors (Lipinski definition) is 6. The molecule has 0 aliphatic rings. The predicted molar refractivity (Wildman–Crippen MR) is 145 cm³/mol. The van der Waals surface area contributed by atoms with Crippen molar-refractivity contribution in [2.75, 3.05) is 13.2 Å². The maximum atomic E-state index is 12.5. The first-order valence-corrected chi connectivity index (χ1v) is 12.6. The van der Waals surface area contributed by atoms with E-state index in [0.717, 1.165) is 22.3 Å². The van der Waals surface area contributed by atoms with Crippen LogP contribution in [-0.4, -0.2) is 25.2 Å². The molecule has 0 aliphatic heterocycles. The molecule has 0 spiro atoms. The average Bonchev–Trinajstić information content (AvgIpc) is 2.96. The molecule has 0 heterocycles. The van der Waals surface area contributed by atoms with E-state index < -0.39 is 24.1 Å². The smallest absolute Gasteiger partial charge is 0.352 e. The van der Waals surface area contributed by atoms with E-state index in [1.54, 1.807) is 13.8 Å². The van der Waals surface area contributed by atoms with Gasteiger partial charge in [-0.25, -0.2) is 9.59 Å². The third-order valence-corrected chi connectivity index (χ3v) is 5.76. The van der Waals surface area contributed by atoms with Gasteiger partial charge >= 0.3 is 11.9 Å². The largest absolute Gasteiger partial charge is 0.474 e. The van der Waals surface area contributed by atoms with Gasteiger partial charge in [-0.15, -0.1) is 0 Å². The topological polar surface area (TPSA) is 71.1 Å². The molecular formula is C32H30O6. The second kappa shape index (κ2) is 13.1. The molecule has 0 saturated heterocycles. The zero-order valence-corrected chi connectivity index (χ0v) is 21.4. The van der Waals surface area contributed by atoms with Crippen LogP contribution < -0.4 is 9.47 Å². The number of carbonyl (C=O) groups is 2. The molecule has 0 bridgehead atoms. The van der Waals surface area contributed by atoms with Crippen molar-refractivity contribution in [3.05, 3.63) is 120 Å². The Balaban J connectivity index is 1.47. The van der Waals surface area contributed by atoms with Gasteiger partial charge in [-0.2, -0.15) is 0 Å². The Morgan fingerprint density at radius 2 is 0.868 bits per heavy atom. The van der Waals surface area contributed by atoms with Gasteiger partial charge in [-0.1, -0.05) is 84.9 Å². The van der Waals surface area contributed by atoms with E-state index in [4.69, 9.17) is 18.9 Å². The summed E-state index contributed by atoms with van der Waals surface area (Å²) >= 11 is 0. The van der Waals surface area contributed by atoms with Crippen LogP contribution in [0.15, 0.2) is 109 Å². The fourth-order valence-corrected chi connectivity index (χ4v) is 3.92. The van der Waals surface area contributed by atoms with E-state index in [1.165, 1.54) is 0 Å². The minimum atomic E-state index is -0.851. The SMILES string of the molecule is CCOC(=O)C(Oc1ccc(-c2ccc(OC(C(=O)OCC)c3ccccc3)cc2)cc1)c1ccccc1. The summed E-state index contributed by atoms with van der Waals surface area (Å²) in [6.07, 6.45) is -1.70. The standard InChI is InChI=1S/C32H30O6/c1-3-35-31(33)29(25-11-7-5-8-12-25)37-27-19-15-23(16-20-27)24-17-21-28(22-18-24)38-30(32(34)36-4-2)26-13-9-6-10-14-26/h5-22,29-30H,3-4H2,1-2H3. The molecule has 4 aromatic carbocycles. The number of carbonyl (C=O) groups excluding carboxylic acids is 2. The first kappa shape index (κ1) is 26.5. The van der Waals surface area contributed by atoms with Gasteiger partial charge in [0.2, 0.25) is 12.2 Å². The molecule has 0 radical (unpaired) electrons. The van der Waals surface area contributed by atoms with Crippen molar-refractivity contribution in [3.8, 4) is 22.6 Å². The number of benzene rings is 4. The quantitative estimate of drug-likeness (QED) is 0.209. The van der Waals surface area contributed by atoms with Crippen LogP contribution in [0.3, 0.4) is 0 Å². The molecule has 0 amide bonds. The fraction of sp³-hybridized carbons (Fsp3) is 0.188. The first-order chi connectivity index (χ1) is 18.6. The van der Waals surface area contributed by atoms with Crippen LogP contribution in [0.2, 0.25) is 0 Å². The summed E-state index contributed by atoms with van der Waals surface area (Å²) in [4.78, 5) is 25.1. The molecule has 0 N–H and O–H groups in total. The molecule has 0 aliphatic carbocycles. The summed E-state index contributed by atoms with van der Waals surface area (Å²) in [6.45, 7) is 4.08. The van der Waals surface area contributed by atoms with Crippen LogP contribution in [-0.2, 0) is 19.1 Å². The van der Waals surface area contributed by atoms with Crippen molar-refractivity contribution in [1.29, 1.82) is 0 Å². The van der Waals surface area contributed by atoms with Crippen molar-refractivity contribution >= 4 is 11.9 Å². The lowest BCUT2D eigenvalue weighted by molar-refractivity contribution is -0.152. The third kappa shape index (κ3) is 6.79. The Morgan fingerprint density at radius 1 is 0.526 bits per heavy atom. The van der Waals surface area contributed by atoms with Gasteiger partial charge < -0.3 is 18.9 Å². The van der Waals surface area contributed by atoms with E-state index >= 15 is 0 Å². The molecule has 0 aromatic heterocycles. The zero-order chi connectivity index (χ0) is 26.7. The monoisotopic (exact) mass is 510 g/mol. The summed E-state index contributed by atoms with van der Waals surface area (Å²) in [6, 6.07) is 33.5. The molecule has 2 atom stereocenters. The highest BCUT2D eigenvalue weighted by molar-refractivity contribution is 5.77. The summed E-state index contributed by atoms with van der Waals surface area (Å²) in [5, 5.41) is 0. The zero-order valence-electron chi connectivity index (χ0n) is 21.4. The summed E-state index contributed by atoms with van der Waals surface area (Å²) in [5.41, 5.74) is 3.37. The number of hydrogen-bond donors (Lipinski definition) is 0. The molecule has 194 valence electrons. The Morgan fingerprint density at radius 3 is 1.18 bits per heavy atom. The van der Waals surface area contributed by atoms with Crippen LogP contribution in [0.4, 0.5) is 0 Å². The predicted octanol–water partition coefficient (Wildman–Crippen LogP) is 6.72. The maximum absolute atomic E-state index is 12.5. The van der Waals surface area contributed by atoms with Crippen molar-refractivity contribution in [1.82, 2.24) is 0 Å². The molecule has 0 fully saturated rings.